The first-order chi connectivity index (χ1) is 15.6. The number of ether oxygens (including phenoxy) is 1. The molecule has 7 nitrogen and oxygen atoms in total. The largest absolute Gasteiger partial charge is 0.385 e. The van der Waals surface area contributed by atoms with Crippen LogP contribution in [0.1, 0.15) is 63.3 Å². The summed E-state index contributed by atoms with van der Waals surface area (Å²) >= 11 is 1.51. The Morgan fingerprint density at radius 2 is 1.84 bits per heavy atom. The standard InChI is InChI=1S/C24H29N3O4S/c1-31-15-5-13-25-23(30)21-18-6-2-3-7-19(18)32-24(21)26-22(29)16-9-11-17(12-10-16)27-14-4-8-20(27)28/h9-12H,2-8,13-15H2,1H3,(H,25,30)(H,26,29). The first-order valence-corrected chi connectivity index (χ1v) is 12.0. The second kappa shape index (κ2) is 10.3. The molecule has 2 aromatic rings. The van der Waals surface area contributed by atoms with Crippen molar-refractivity contribution in [3.05, 3.63) is 45.8 Å². The van der Waals surface area contributed by atoms with Crippen LogP contribution < -0.4 is 15.5 Å². The molecule has 0 radical (unpaired) electrons. The van der Waals surface area contributed by atoms with Gasteiger partial charge in [0.1, 0.15) is 5.00 Å². The molecule has 1 fully saturated rings. The molecule has 0 spiro atoms. The minimum Gasteiger partial charge on any atom is -0.385 e. The summed E-state index contributed by atoms with van der Waals surface area (Å²) in [6.07, 6.45) is 6.13. The molecule has 0 saturated carbocycles. The maximum absolute atomic E-state index is 13.0. The molecule has 0 bridgehead atoms. The molecule has 1 aliphatic heterocycles. The molecule has 1 aliphatic carbocycles. The Morgan fingerprint density at radius 1 is 1.06 bits per heavy atom. The van der Waals surface area contributed by atoms with Crippen molar-refractivity contribution in [2.75, 3.05) is 37.0 Å². The maximum Gasteiger partial charge on any atom is 0.256 e. The lowest BCUT2D eigenvalue weighted by molar-refractivity contribution is -0.117. The molecule has 1 aromatic carbocycles. The second-order valence-corrected chi connectivity index (χ2v) is 9.27. The van der Waals surface area contributed by atoms with Gasteiger partial charge in [-0.25, -0.2) is 0 Å². The van der Waals surface area contributed by atoms with Crippen molar-refractivity contribution in [3.63, 3.8) is 0 Å². The highest BCUT2D eigenvalue weighted by Crippen LogP contribution is 2.38. The molecular weight excluding hydrogens is 426 g/mol. The monoisotopic (exact) mass is 455 g/mol. The number of carbonyl (C=O) groups excluding carboxylic acids is 3. The highest BCUT2D eigenvalue weighted by molar-refractivity contribution is 7.17. The lowest BCUT2D eigenvalue weighted by Gasteiger charge is -2.16. The molecule has 32 heavy (non-hydrogen) atoms. The van der Waals surface area contributed by atoms with E-state index >= 15 is 0 Å². The fraction of sp³-hybridized carbons (Fsp3) is 0.458. The molecule has 0 atom stereocenters. The number of nitrogens with one attached hydrogen (secondary N) is 2. The molecule has 1 saturated heterocycles. The number of thiophene rings is 1. The summed E-state index contributed by atoms with van der Waals surface area (Å²) in [5.41, 5.74) is 2.99. The Morgan fingerprint density at radius 3 is 2.56 bits per heavy atom. The van der Waals surface area contributed by atoms with Crippen molar-refractivity contribution in [2.24, 2.45) is 0 Å². The fourth-order valence-corrected chi connectivity index (χ4v) is 5.57. The summed E-state index contributed by atoms with van der Waals surface area (Å²) in [6.45, 7) is 1.83. The van der Waals surface area contributed by atoms with Crippen molar-refractivity contribution in [1.29, 1.82) is 0 Å². The Labute approximate surface area is 192 Å². The summed E-state index contributed by atoms with van der Waals surface area (Å²) < 4.78 is 5.05. The van der Waals surface area contributed by atoms with Crippen LogP contribution in [0.25, 0.3) is 0 Å². The molecule has 3 amide bonds. The second-order valence-electron chi connectivity index (χ2n) is 8.17. The summed E-state index contributed by atoms with van der Waals surface area (Å²) in [5, 5.41) is 6.56. The fourth-order valence-electron chi connectivity index (χ4n) is 4.29. The Kier molecular flexibility index (Phi) is 7.22. The van der Waals surface area contributed by atoms with Crippen molar-refractivity contribution in [1.82, 2.24) is 5.32 Å². The number of benzene rings is 1. The Hall–Kier alpha value is -2.71. The zero-order valence-corrected chi connectivity index (χ0v) is 19.2. The third-order valence-electron chi connectivity index (χ3n) is 5.95. The minimum atomic E-state index is -0.253. The van der Waals surface area contributed by atoms with Gasteiger partial charge in [0, 0.05) is 49.4 Å². The van der Waals surface area contributed by atoms with Gasteiger partial charge in [0.15, 0.2) is 0 Å². The highest BCUT2D eigenvalue weighted by atomic mass is 32.1. The number of amides is 3. The highest BCUT2D eigenvalue weighted by Gasteiger charge is 2.27. The predicted octanol–water partition coefficient (Wildman–Crippen LogP) is 3.77. The van der Waals surface area contributed by atoms with Gasteiger partial charge in [-0.05, 0) is 68.4 Å². The molecule has 0 unspecified atom stereocenters. The number of methoxy groups -OCH3 is 1. The van der Waals surface area contributed by atoms with Gasteiger partial charge in [-0.1, -0.05) is 0 Å². The zero-order valence-electron chi connectivity index (χ0n) is 18.4. The van der Waals surface area contributed by atoms with E-state index < -0.39 is 0 Å². The Balaban J connectivity index is 1.50. The number of rotatable bonds is 8. The number of nitrogens with zero attached hydrogens (tertiary/aromatic N) is 1. The van der Waals surface area contributed by atoms with E-state index in [2.05, 4.69) is 10.6 Å². The minimum absolute atomic E-state index is 0.118. The van der Waals surface area contributed by atoms with Crippen molar-refractivity contribution < 1.29 is 19.1 Å². The van der Waals surface area contributed by atoms with Crippen LogP contribution in [0.15, 0.2) is 24.3 Å². The first-order valence-electron chi connectivity index (χ1n) is 11.2. The number of carbonyl (C=O) groups is 3. The summed E-state index contributed by atoms with van der Waals surface area (Å²) in [6, 6.07) is 7.07. The van der Waals surface area contributed by atoms with E-state index in [4.69, 9.17) is 4.74 Å². The Bertz CT molecular complexity index is 999. The van der Waals surface area contributed by atoms with Gasteiger partial charge in [0.25, 0.3) is 11.8 Å². The van der Waals surface area contributed by atoms with Gasteiger partial charge in [-0.15, -0.1) is 11.3 Å². The molecule has 2 N–H and O–H groups in total. The lowest BCUT2D eigenvalue weighted by atomic mass is 9.95. The van der Waals surface area contributed by atoms with Gasteiger partial charge < -0.3 is 20.3 Å². The van der Waals surface area contributed by atoms with Crippen LogP contribution >= 0.6 is 11.3 Å². The molecule has 1 aromatic heterocycles. The van der Waals surface area contributed by atoms with Gasteiger partial charge >= 0.3 is 0 Å². The van der Waals surface area contributed by atoms with Gasteiger partial charge in [-0.2, -0.15) is 0 Å². The number of anilines is 2. The van der Waals surface area contributed by atoms with Crippen molar-refractivity contribution >= 4 is 39.7 Å². The smallest absolute Gasteiger partial charge is 0.256 e. The van der Waals surface area contributed by atoms with Crippen LogP contribution in [-0.2, 0) is 22.4 Å². The van der Waals surface area contributed by atoms with E-state index in [0.717, 1.165) is 49.8 Å². The van der Waals surface area contributed by atoms with E-state index in [1.54, 1.807) is 36.3 Å². The molecule has 4 rings (SSSR count). The number of aryl methyl sites for hydroxylation is 1. The van der Waals surface area contributed by atoms with Crippen LogP contribution in [0.4, 0.5) is 10.7 Å². The molecular formula is C24H29N3O4S. The average Bonchev–Trinajstić information content (AvgIpc) is 3.39. The summed E-state index contributed by atoms with van der Waals surface area (Å²) in [5.74, 6) is -0.275. The predicted molar refractivity (Wildman–Crippen MR) is 126 cm³/mol. The van der Waals surface area contributed by atoms with Crippen LogP contribution in [0.2, 0.25) is 0 Å². The van der Waals surface area contributed by atoms with Gasteiger partial charge in [0.2, 0.25) is 5.91 Å². The van der Waals surface area contributed by atoms with Crippen LogP contribution in [0.3, 0.4) is 0 Å². The molecule has 170 valence electrons. The normalized spacial score (nSPS) is 15.5. The molecule has 2 aliphatic rings. The topological polar surface area (TPSA) is 87.7 Å². The average molecular weight is 456 g/mol. The third kappa shape index (κ3) is 4.86. The van der Waals surface area contributed by atoms with E-state index in [1.807, 2.05) is 0 Å². The van der Waals surface area contributed by atoms with E-state index in [0.29, 0.717) is 42.2 Å². The SMILES string of the molecule is COCCCNC(=O)c1c(NC(=O)c2ccc(N3CCCC3=O)cc2)sc2c1CCCC2. The number of hydrogen-bond acceptors (Lipinski definition) is 5. The van der Waals surface area contributed by atoms with Gasteiger partial charge in [-0.3, -0.25) is 14.4 Å². The lowest BCUT2D eigenvalue weighted by Crippen LogP contribution is -2.27. The van der Waals surface area contributed by atoms with Gasteiger partial charge in [0.05, 0.1) is 5.56 Å². The van der Waals surface area contributed by atoms with Crippen molar-refractivity contribution in [3.8, 4) is 0 Å². The zero-order chi connectivity index (χ0) is 22.5. The number of hydrogen-bond donors (Lipinski definition) is 2. The molecule has 8 heteroatoms. The number of fused-ring (bicyclic) bond motifs is 1. The van der Waals surface area contributed by atoms with E-state index in [1.165, 1.54) is 16.2 Å². The van der Waals surface area contributed by atoms with Crippen LogP contribution in [0, 0.1) is 0 Å². The summed E-state index contributed by atoms with van der Waals surface area (Å²) in [4.78, 5) is 40.8. The first kappa shape index (κ1) is 22.5. The van der Waals surface area contributed by atoms with Crippen LogP contribution in [0.5, 0.6) is 0 Å². The summed E-state index contributed by atoms with van der Waals surface area (Å²) in [7, 11) is 1.64. The van der Waals surface area contributed by atoms with E-state index in [-0.39, 0.29) is 17.7 Å². The van der Waals surface area contributed by atoms with E-state index in [9.17, 15) is 14.4 Å². The third-order valence-corrected chi connectivity index (χ3v) is 7.16. The van der Waals surface area contributed by atoms with Crippen LogP contribution in [-0.4, -0.2) is 44.5 Å². The maximum atomic E-state index is 13.0. The quantitative estimate of drug-likeness (QED) is 0.593. The molecule has 2 heterocycles. The van der Waals surface area contributed by atoms with Crippen molar-refractivity contribution in [2.45, 2.75) is 44.9 Å².